The molecule has 0 atom stereocenters. The fourth-order valence-corrected chi connectivity index (χ4v) is 1.12. The van der Waals surface area contributed by atoms with Crippen LogP contribution in [0.1, 0.15) is 5.69 Å². The van der Waals surface area contributed by atoms with Gasteiger partial charge < -0.3 is 4.40 Å². The monoisotopic (exact) mass is 163 g/mol. The number of rotatable bonds is 1. The molecule has 2 heterocycles. The molecule has 0 aromatic carbocycles. The Labute approximate surface area is 68.7 Å². The number of nitrogens with zero attached hydrogens (tertiary/aromatic N) is 3. The lowest BCUT2D eigenvalue weighted by Crippen LogP contribution is -1.92. The van der Waals surface area contributed by atoms with Crippen LogP contribution in [0.3, 0.4) is 0 Å². The molecule has 0 saturated carbocycles. The van der Waals surface area contributed by atoms with Crippen molar-refractivity contribution < 1.29 is 0 Å². The molecule has 4 heteroatoms. The van der Waals surface area contributed by atoms with Gasteiger partial charge >= 0.3 is 0 Å². The second-order valence-electron chi connectivity index (χ2n) is 2.09. The van der Waals surface area contributed by atoms with Crippen molar-refractivity contribution in [3.05, 3.63) is 30.5 Å². The van der Waals surface area contributed by atoms with E-state index in [1.165, 1.54) is 5.37 Å². The van der Waals surface area contributed by atoms with Crippen molar-refractivity contribution in [2.24, 2.45) is 0 Å². The van der Waals surface area contributed by atoms with Crippen LogP contribution in [0, 0.1) is 0 Å². The molecule has 11 heavy (non-hydrogen) atoms. The van der Waals surface area contributed by atoms with Crippen molar-refractivity contribution in [2.75, 3.05) is 0 Å². The number of thiocarbonyl (C=S) groups is 1. The highest BCUT2D eigenvalue weighted by Crippen LogP contribution is 2.01. The zero-order valence-corrected chi connectivity index (χ0v) is 6.45. The number of fused-ring (bicyclic) bond motifs is 1. The Kier molecular flexibility index (Phi) is 1.40. The fourth-order valence-electron chi connectivity index (χ4n) is 0.958. The van der Waals surface area contributed by atoms with E-state index < -0.39 is 0 Å². The van der Waals surface area contributed by atoms with E-state index in [9.17, 15) is 0 Å². The molecule has 2 aromatic heterocycles. The minimum absolute atomic E-state index is 0.743. The van der Waals surface area contributed by atoms with E-state index in [1.54, 1.807) is 12.4 Å². The van der Waals surface area contributed by atoms with Gasteiger partial charge in [-0.25, -0.2) is 4.98 Å². The van der Waals surface area contributed by atoms with Crippen molar-refractivity contribution in [3.63, 3.8) is 0 Å². The van der Waals surface area contributed by atoms with Crippen LogP contribution >= 0.6 is 12.2 Å². The third-order valence-corrected chi connectivity index (χ3v) is 1.67. The number of imidazole rings is 1. The Morgan fingerprint density at radius 3 is 2.73 bits per heavy atom. The topological polar surface area (TPSA) is 30.2 Å². The Morgan fingerprint density at radius 2 is 2.00 bits per heavy atom. The van der Waals surface area contributed by atoms with E-state index in [0.717, 1.165) is 11.3 Å². The molecule has 0 amide bonds. The fraction of sp³-hybridized carbons (Fsp3) is 0. The third kappa shape index (κ3) is 0.914. The summed E-state index contributed by atoms with van der Waals surface area (Å²) in [7, 11) is 0. The Bertz CT molecular complexity index is 393. The van der Waals surface area contributed by atoms with Crippen molar-refractivity contribution in [1.29, 1.82) is 0 Å². The summed E-state index contributed by atoms with van der Waals surface area (Å²) in [6, 6.07) is 0. The normalized spacial score (nSPS) is 10.2. The largest absolute Gasteiger partial charge is 0.304 e. The third-order valence-electron chi connectivity index (χ3n) is 1.45. The lowest BCUT2D eigenvalue weighted by Gasteiger charge is -1.93. The molecule has 0 N–H and O–H groups in total. The van der Waals surface area contributed by atoms with Crippen LogP contribution in [0.2, 0.25) is 0 Å². The minimum atomic E-state index is 0.743. The molecule has 0 unspecified atom stereocenters. The average molecular weight is 163 g/mol. The van der Waals surface area contributed by atoms with Gasteiger partial charge in [-0.1, -0.05) is 12.2 Å². The number of aromatic nitrogens is 3. The summed E-state index contributed by atoms with van der Waals surface area (Å²) in [4.78, 5) is 8.15. The molecule has 2 aromatic rings. The van der Waals surface area contributed by atoms with Gasteiger partial charge in [-0.3, -0.25) is 4.98 Å². The molecule has 54 valence electrons. The molecule has 0 aliphatic heterocycles. The first-order valence-electron chi connectivity index (χ1n) is 3.14. The van der Waals surface area contributed by atoms with Crippen LogP contribution < -0.4 is 0 Å². The number of hydrogen-bond donors (Lipinski definition) is 0. The first kappa shape index (κ1) is 6.42. The highest BCUT2D eigenvalue weighted by atomic mass is 32.1. The molecule has 0 fully saturated rings. The van der Waals surface area contributed by atoms with Gasteiger partial charge in [0.15, 0.2) is 5.65 Å². The summed E-state index contributed by atoms with van der Waals surface area (Å²) >= 11 is 4.77. The lowest BCUT2D eigenvalue weighted by molar-refractivity contribution is 1.12. The average Bonchev–Trinajstić information content (AvgIpc) is 2.50. The van der Waals surface area contributed by atoms with Crippen molar-refractivity contribution in [1.82, 2.24) is 14.4 Å². The summed E-state index contributed by atoms with van der Waals surface area (Å²) in [5.41, 5.74) is 1.55. The maximum absolute atomic E-state index is 4.77. The van der Waals surface area contributed by atoms with E-state index in [-0.39, 0.29) is 0 Å². The summed E-state index contributed by atoms with van der Waals surface area (Å²) < 4.78 is 1.88. The smallest absolute Gasteiger partial charge is 0.163 e. The van der Waals surface area contributed by atoms with Gasteiger partial charge in [0.2, 0.25) is 0 Å². The SMILES string of the molecule is S=Cc1nccn2ccnc12. The molecular weight excluding hydrogens is 158 g/mol. The molecule has 0 aliphatic carbocycles. The van der Waals surface area contributed by atoms with Gasteiger partial charge in [0.05, 0.1) is 0 Å². The van der Waals surface area contributed by atoms with E-state index in [4.69, 9.17) is 12.2 Å². The molecule has 0 radical (unpaired) electrons. The van der Waals surface area contributed by atoms with Gasteiger partial charge in [-0.2, -0.15) is 0 Å². The van der Waals surface area contributed by atoms with Gasteiger partial charge in [0.1, 0.15) is 5.69 Å². The molecule has 3 nitrogen and oxygen atoms in total. The quantitative estimate of drug-likeness (QED) is 0.589. The van der Waals surface area contributed by atoms with Gasteiger partial charge in [0.25, 0.3) is 0 Å². The van der Waals surface area contributed by atoms with Crippen LogP contribution in [-0.4, -0.2) is 19.7 Å². The van der Waals surface area contributed by atoms with Crippen molar-refractivity contribution >= 4 is 23.2 Å². The van der Waals surface area contributed by atoms with Crippen LogP contribution in [-0.2, 0) is 0 Å². The molecule has 0 aliphatic rings. The van der Waals surface area contributed by atoms with E-state index in [2.05, 4.69) is 9.97 Å². The predicted molar refractivity (Wildman–Crippen MR) is 45.7 cm³/mol. The maximum Gasteiger partial charge on any atom is 0.163 e. The maximum atomic E-state index is 4.77. The molecule has 0 spiro atoms. The second kappa shape index (κ2) is 2.39. The molecule has 0 bridgehead atoms. The Hall–Kier alpha value is -1.29. The van der Waals surface area contributed by atoms with Crippen LogP contribution in [0.25, 0.3) is 5.65 Å². The predicted octanol–water partition coefficient (Wildman–Crippen LogP) is 1.08. The summed E-state index contributed by atoms with van der Waals surface area (Å²) in [5, 5.41) is 1.53. The van der Waals surface area contributed by atoms with Crippen LogP contribution in [0.5, 0.6) is 0 Å². The molecule has 2 rings (SSSR count). The van der Waals surface area contributed by atoms with Crippen LogP contribution in [0.4, 0.5) is 0 Å². The Balaban J connectivity index is 2.88. The van der Waals surface area contributed by atoms with Crippen molar-refractivity contribution in [3.8, 4) is 0 Å². The summed E-state index contributed by atoms with van der Waals surface area (Å²) in [5.74, 6) is 0. The molecular formula is C7H5N3S. The zero-order valence-electron chi connectivity index (χ0n) is 5.64. The van der Waals surface area contributed by atoms with E-state index in [1.807, 2.05) is 16.8 Å². The van der Waals surface area contributed by atoms with Crippen molar-refractivity contribution in [2.45, 2.75) is 0 Å². The van der Waals surface area contributed by atoms with E-state index >= 15 is 0 Å². The van der Waals surface area contributed by atoms with Gasteiger partial charge in [0, 0.05) is 30.2 Å². The lowest BCUT2D eigenvalue weighted by atomic mass is 10.5. The summed E-state index contributed by atoms with van der Waals surface area (Å²) in [6.45, 7) is 0. The summed E-state index contributed by atoms with van der Waals surface area (Å²) in [6.07, 6.45) is 7.12. The zero-order chi connectivity index (χ0) is 7.68. The minimum Gasteiger partial charge on any atom is -0.304 e. The highest BCUT2D eigenvalue weighted by molar-refractivity contribution is 7.79. The highest BCUT2D eigenvalue weighted by Gasteiger charge is 1.97. The first-order valence-corrected chi connectivity index (χ1v) is 3.62. The van der Waals surface area contributed by atoms with Gasteiger partial charge in [-0.15, -0.1) is 0 Å². The van der Waals surface area contributed by atoms with Gasteiger partial charge in [-0.05, 0) is 0 Å². The second-order valence-corrected chi connectivity index (χ2v) is 2.32. The standard InChI is InChI=1S/C7H5N3S/c11-5-6-7-9-2-4-10(7)3-1-8-6/h1-5H. The molecule has 0 saturated heterocycles. The van der Waals surface area contributed by atoms with Crippen LogP contribution in [0.15, 0.2) is 24.8 Å². The Morgan fingerprint density at radius 1 is 1.27 bits per heavy atom. The van der Waals surface area contributed by atoms with E-state index in [0.29, 0.717) is 0 Å². The first-order chi connectivity index (χ1) is 5.42. The number of hydrogen-bond acceptors (Lipinski definition) is 3.